The number of allylic oxidation sites excluding steroid dienone is 1. The Balaban J connectivity index is 1.69. The summed E-state index contributed by atoms with van der Waals surface area (Å²) in [5.41, 5.74) is 3.91. The van der Waals surface area contributed by atoms with Crippen molar-refractivity contribution < 1.29 is 14.3 Å². The summed E-state index contributed by atoms with van der Waals surface area (Å²) in [5.74, 6) is 0.360. The predicted molar refractivity (Wildman–Crippen MR) is 110 cm³/mol. The van der Waals surface area contributed by atoms with Gasteiger partial charge in [-0.2, -0.15) is 0 Å². The van der Waals surface area contributed by atoms with Crippen LogP contribution in [0.5, 0.6) is 0 Å². The molecule has 144 valence electrons. The standard InChI is InChI=1S/C20H19BrN4O3/c1-27-16-6-4-13(9-17(16)28-2)23-20-22-10-11-7-18(26)24-15-5-3-12(21)8-14(15)19(11)25-20/h3-6,8-10,16-17H,7H2,1-2H3,(H,24,26)(H,22,23,25). The Labute approximate surface area is 171 Å². The zero-order valence-corrected chi connectivity index (χ0v) is 17.0. The molecule has 0 saturated carbocycles. The van der Waals surface area contributed by atoms with Crippen LogP contribution in [0.4, 0.5) is 11.6 Å². The van der Waals surface area contributed by atoms with E-state index in [-0.39, 0.29) is 24.5 Å². The van der Waals surface area contributed by atoms with Crippen LogP contribution in [-0.4, -0.2) is 42.3 Å². The van der Waals surface area contributed by atoms with Gasteiger partial charge in [-0.1, -0.05) is 22.0 Å². The molecule has 0 bridgehead atoms. The van der Waals surface area contributed by atoms with Gasteiger partial charge in [0, 0.05) is 41.7 Å². The minimum Gasteiger partial charge on any atom is -0.374 e. The second-order valence-electron chi connectivity index (χ2n) is 6.49. The number of halogens is 1. The lowest BCUT2D eigenvalue weighted by molar-refractivity contribution is -0.115. The van der Waals surface area contributed by atoms with E-state index in [0.29, 0.717) is 5.95 Å². The lowest BCUT2D eigenvalue weighted by Crippen LogP contribution is -2.29. The van der Waals surface area contributed by atoms with Crippen molar-refractivity contribution in [3.63, 3.8) is 0 Å². The van der Waals surface area contributed by atoms with Gasteiger partial charge in [0.2, 0.25) is 11.9 Å². The summed E-state index contributed by atoms with van der Waals surface area (Å²) < 4.78 is 11.7. The van der Waals surface area contributed by atoms with Crippen LogP contribution in [-0.2, 0) is 20.7 Å². The molecular formula is C20H19BrN4O3. The molecule has 1 amide bonds. The van der Waals surface area contributed by atoms with Gasteiger partial charge in [0.1, 0.15) is 12.2 Å². The number of ether oxygens (including phenoxy) is 2. The molecule has 2 unspecified atom stereocenters. The van der Waals surface area contributed by atoms with Crippen LogP contribution in [0, 0.1) is 0 Å². The van der Waals surface area contributed by atoms with Crippen molar-refractivity contribution in [1.29, 1.82) is 0 Å². The van der Waals surface area contributed by atoms with Crippen molar-refractivity contribution in [2.45, 2.75) is 18.6 Å². The molecule has 0 radical (unpaired) electrons. The highest BCUT2D eigenvalue weighted by Crippen LogP contribution is 2.35. The molecule has 2 atom stereocenters. The summed E-state index contributed by atoms with van der Waals surface area (Å²) in [6, 6.07) is 5.70. The molecule has 1 aromatic heterocycles. The van der Waals surface area contributed by atoms with Gasteiger partial charge < -0.3 is 20.1 Å². The molecule has 4 rings (SSSR count). The number of carbonyl (C=O) groups excluding carboxylic acids is 1. The van der Waals surface area contributed by atoms with E-state index in [1.54, 1.807) is 20.4 Å². The van der Waals surface area contributed by atoms with Crippen molar-refractivity contribution in [3.8, 4) is 11.3 Å². The highest BCUT2D eigenvalue weighted by Gasteiger charge is 2.23. The fourth-order valence-electron chi connectivity index (χ4n) is 3.28. The third-order valence-corrected chi connectivity index (χ3v) is 5.15. The monoisotopic (exact) mass is 442 g/mol. The van der Waals surface area contributed by atoms with Crippen LogP contribution in [0.2, 0.25) is 0 Å². The van der Waals surface area contributed by atoms with Crippen LogP contribution in [0.25, 0.3) is 11.3 Å². The lowest BCUT2D eigenvalue weighted by atomic mass is 10.1. The largest absolute Gasteiger partial charge is 0.374 e. The van der Waals surface area contributed by atoms with Crippen molar-refractivity contribution in [1.82, 2.24) is 9.97 Å². The van der Waals surface area contributed by atoms with Gasteiger partial charge in [-0.15, -0.1) is 0 Å². The van der Waals surface area contributed by atoms with E-state index in [4.69, 9.17) is 14.5 Å². The van der Waals surface area contributed by atoms with Gasteiger partial charge >= 0.3 is 0 Å². The van der Waals surface area contributed by atoms with Crippen molar-refractivity contribution in [2.24, 2.45) is 0 Å². The Morgan fingerprint density at radius 1 is 1.25 bits per heavy atom. The Kier molecular flexibility index (Phi) is 5.25. The first kappa shape index (κ1) is 18.8. The fourth-order valence-corrected chi connectivity index (χ4v) is 3.64. The van der Waals surface area contributed by atoms with Crippen LogP contribution in [0.15, 0.2) is 52.8 Å². The number of nitrogens with one attached hydrogen (secondary N) is 2. The quantitative estimate of drug-likeness (QED) is 0.755. The molecule has 7 nitrogen and oxygen atoms in total. The van der Waals surface area contributed by atoms with Gasteiger partial charge in [0.05, 0.1) is 17.8 Å². The molecule has 2 aliphatic rings. The molecule has 2 aromatic rings. The smallest absolute Gasteiger partial charge is 0.228 e. The average Bonchev–Trinajstić information content (AvgIpc) is 2.83. The second-order valence-corrected chi connectivity index (χ2v) is 7.40. The number of amides is 1. The maximum atomic E-state index is 12.2. The highest BCUT2D eigenvalue weighted by atomic mass is 79.9. The molecule has 0 spiro atoms. The predicted octanol–water partition coefficient (Wildman–Crippen LogP) is 3.30. The molecule has 0 saturated heterocycles. The van der Waals surface area contributed by atoms with Crippen molar-refractivity contribution in [3.05, 3.63) is 58.4 Å². The van der Waals surface area contributed by atoms with Crippen LogP contribution in [0.3, 0.4) is 0 Å². The minimum absolute atomic E-state index is 0.0851. The molecule has 0 fully saturated rings. The average molecular weight is 443 g/mol. The molecule has 8 heteroatoms. The van der Waals surface area contributed by atoms with E-state index in [0.717, 1.165) is 32.7 Å². The maximum absolute atomic E-state index is 12.2. The summed E-state index contributed by atoms with van der Waals surface area (Å²) in [7, 11) is 3.29. The Morgan fingerprint density at radius 3 is 2.86 bits per heavy atom. The van der Waals surface area contributed by atoms with E-state index >= 15 is 0 Å². The maximum Gasteiger partial charge on any atom is 0.228 e. The van der Waals surface area contributed by atoms with Gasteiger partial charge in [-0.05, 0) is 30.4 Å². The van der Waals surface area contributed by atoms with Gasteiger partial charge in [0.15, 0.2) is 0 Å². The van der Waals surface area contributed by atoms with Gasteiger partial charge in [-0.3, -0.25) is 4.79 Å². The Bertz CT molecular complexity index is 989. The molecular weight excluding hydrogens is 424 g/mol. The number of anilines is 2. The number of benzene rings is 1. The molecule has 1 aliphatic heterocycles. The van der Waals surface area contributed by atoms with Crippen molar-refractivity contribution in [2.75, 3.05) is 24.9 Å². The van der Waals surface area contributed by atoms with Gasteiger partial charge in [-0.25, -0.2) is 9.97 Å². The number of hydrogen-bond acceptors (Lipinski definition) is 6. The van der Waals surface area contributed by atoms with E-state index in [1.165, 1.54) is 0 Å². The molecule has 2 heterocycles. The molecule has 2 N–H and O–H groups in total. The third kappa shape index (κ3) is 3.71. The Hall–Kier alpha value is -2.55. The SMILES string of the molecule is COC1C=CC(Nc2ncc3c(n2)-c2cc(Br)ccc2NC(=O)C3)=CC1OC. The summed E-state index contributed by atoms with van der Waals surface area (Å²) >= 11 is 3.49. The van der Waals surface area contributed by atoms with Crippen LogP contribution in [0.1, 0.15) is 5.56 Å². The van der Waals surface area contributed by atoms with E-state index in [1.807, 2.05) is 36.4 Å². The minimum atomic E-state index is -0.197. The number of nitrogens with zero attached hydrogens (tertiary/aromatic N) is 2. The summed E-state index contributed by atoms with van der Waals surface area (Å²) in [6.45, 7) is 0. The first-order valence-electron chi connectivity index (χ1n) is 8.75. The number of aromatic nitrogens is 2. The van der Waals surface area contributed by atoms with Crippen molar-refractivity contribution >= 4 is 33.5 Å². The second kappa shape index (κ2) is 7.83. The van der Waals surface area contributed by atoms with E-state index in [2.05, 4.69) is 31.5 Å². The number of methoxy groups -OCH3 is 2. The normalized spacial score (nSPS) is 20.5. The highest BCUT2D eigenvalue weighted by molar-refractivity contribution is 9.10. The first-order valence-corrected chi connectivity index (χ1v) is 9.55. The number of rotatable bonds is 4. The van der Waals surface area contributed by atoms with Gasteiger partial charge in [0.25, 0.3) is 0 Å². The Morgan fingerprint density at radius 2 is 2.07 bits per heavy atom. The fraction of sp³-hybridized carbons (Fsp3) is 0.250. The topological polar surface area (TPSA) is 85.4 Å². The van der Waals surface area contributed by atoms with Crippen LogP contribution >= 0.6 is 15.9 Å². The number of fused-ring (bicyclic) bond motifs is 3. The van der Waals surface area contributed by atoms with E-state index in [9.17, 15) is 4.79 Å². The lowest BCUT2D eigenvalue weighted by Gasteiger charge is -2.24. The summed E-state index contributed by atoms with van der Waals surface area (Å²) in [5, 5.41) is 6.14. The number of carbonyl (C=O) groups is 1. The first-order chi connectivity index (χ1) is 13.6. The summed E-state index contributed by atoms with van der Waals surface area (Å²) in [6.07, 6.45) is 7.36. The molecule has 1 aromatic carbocycles. The third-order valence-electron chi connectivity index (χ3n) is 4.66. The molecule has 28 heavy (non-hydrogen) atoms. The molecule has 1 aliphatic carbocycles. The zero-order chi connectivity index (χ0) is 19.7. The van der Waals surface area contributed by atoms with E-state index < -0.39 is 0 Å². The van der Waals surface area contributed by atoms with Crippen LogP contribution < -0.4 is 10.6 Å². The summed E-state index contributed by atoms with van der Waals surface area (Å²) in [4.78, 5) is 21.3. The number of hydrogen-bond donors (Lipinski definition) is 2. The zero-order valence-electron chi connectivity index (χ0n) is 15.4.